The highest BCUT2D eigenvalue weighted by Gasteiger charge is 2.45. The number of hydrogen-bond acceptors (Lipinski definition) is 1. The summed E-state index contributed by atoms with van der Waals surface area (Å²) < 4.78 is 88.1. The van der Waals surface area contributed by atoms with Crippen LogP contribution in [0.1, 0.15) is 50.9 Å². The van der Waals surface area contributed by atoms with E-state index in [9.17, 15) is 0 Å². The molecule has 1 heteroatoms. The maximum Gasteiger partial charge on any atom is 0.139 e. The Morgan fingerprint density at radius 1 is 0.382 bits per heavy atom. The van der Waals surface area contributed by atoms with Gasteiger partial charge in [-0.3, -0.25) is 0 Å². The van der Waals surface area contributed by atoms with Gasteiger partial charge in [0.2, 0.25) is 0 Å². The summed E-state index contributed by atoms with van der Waals surface area (Å²) in [7, 11) is 0. The molecule has 262 valence electrons. The fraction of sp³-hybridized carbons (Fsp3) is 0.111. The van der Waals surface area contributed by atoms with Crippen molar-refractivity contribution in [2.45, 2.75) is 38.3 Å². The van der Waals surface area contributed by atoms with E-state index in [0.717, 1.165) is 75.8 Å². The van der Waals surface area contributed by atoms with Gasteiger partial charge in [-0.15, -0.1) is 0 Å². The highest BCUT2D eigenvalue weighted by atomic mass is 16.5. The lowest BCUT2D eigenvalue weighted by molar-refractivity contribution is 0.306. The SMILES string of the molecule is [2H]C([2H])([2H])C1(C)c2cccc(-c3ccc4c(c3)c3cccc5c3-c3c(cccc3c3ccccc34)c3ccccc3c3ccccc53)c2Oc2ccccc2C1(C([2H])([2H])[2H])C([2H])([2H])[2H]. The standard InChI is InChI=1S/C54H40O/c1-53(2)47-27-11-12-29-49(47)55-52-34(22-15-28-48(52)54(53,3)4)33-30-31-41-37-18-7-10-21-40(37)43-24-13-23-42-38-19-8-5-16-35(38)36-17-6-9-20-39(36)44-25-14-26-45(46(41)32-33)51(44)50(42)43/h5-32H,1-4H3/i1D3,2D3,3D3. The first-order valence-corrected chi connectivity index (χ1v) is 18.7. The molecule has 1 heterocycles. The number of fused-ring (bicyclic) bond motifs is 12. The van der Waals surface area contributed by atoms with E-state index >= 15 is 0 Å². The van der Waals surface area contributed by atoms with Crippen molar-refractivity contribution < 1.29 is 17.1 Å². The molecular formula is C54H40O. The van der Waals surface area contributed by atoms with Gasteiger partial charge in [-0.1, -0.05) is 185 Å². The van der Waals surface area contributed by atoms with Crippen molar-refractivity contribution in [2.24, 2.45) is 0 Å². The van der Waals surface area contributed by atoms with Crippen molar-refractivity contribution in [1.82, 2.24) is 0 Å². The van der Waals surface area contributed by atoms with E-state index in [2.05, 4.69) is 115 Å². The predicted octanol–water partition coefficient (Wildman–Crippen LogP) is 15.3. The van der Waals surface area contributed by atoms with E-state index in [0.29, 0.717) is 11.1 Å². The maximum absolute atomic E-state index is 9.11. The number of benzene rings is 8. The molecule has 0 aromatic heterocycles. The molecule has 8 aromatic carbocycles. The summed E-state index contributed by atoms with van der Waals surface area (Å²) in [6.45, 7) is -8.53. The predicted molar refractivity (Wildman–Crippen MR) is 235 cm³/mol. The molecule has 1 unspecified atom stereocenters. The fourth-order valence-corrected chi connectivity index (χ4v) is 9.28. The molecule has 0 radical (unpaired) electrons. The van der Waals surface area contributed by atoms with Crippen LogP contribution in [0, 0.1) is 0 Å². The van der Waals surface area contributed by atoms with Gasteiger partial charge in [0.05, 0.1) is 0 Å². The molecule has 0 N–H and O–H groups in total. The minimum Gasteiger partial charge on any atom is -0.456 e. The van der Waals surface area contributed by atoms with Crippen molar-refractivity contribution in [3.8, 4) is 33.8 Å². The fourth-order valence-electron chi connectivity index (χ4n) is 9.28. The second kappa shape index (κ2) is 11.5. The van der Waals surface area contributed by atoms with Crippen LogP contribution < -0.4 is 4.74 Å². The molecule has 1 atom stereocenters. The van der Waals surface area contributed by atoms with Crippen LogP contribution in [0.2, 0.25) is 0 Å². The molecule has 1 nitrogen and oxygen atoms in total. The highest BCUT2D eigenvalue weighted by molar-refractivity contribution is 6.31. The van der Waals surface area contributed by atoms with Crippen molar-refractivity contribution in [2.75, 3.05) is 0 Å². The Kier molecular flexibility index (Phi) is 5.05. The Labute approximate surface area is 334 Å². The van der Waals surface area contributed by atoms with Crippen LogP contribution in [0.25, 0.3) is 86.9 Å². The van der Waals surface area contributed by atoms with Crippen LogP contribution in [0.5, 0.6) is 11.5 Å². The molecular weight excluding hydrogens is 665 g/mol. The number of rotatable bonds is 1. The van der Waals surface area contributed by atoms with E-state index in [1.165, 1.54) is 31.2 Å². The molecule has 3 aliphatic rings. The molecule has 55 heavy (non-hydrogen) atoms. The van der Waals surface area contributed by atoms with E-state index in [1.807, 2.05) is 18.2 Å². The Balaban J connectivity index is 1.33. The summed E-state index contributed by atoms with van der Waals surface area (Å²) in [5.41, 5.74) is -2.27. The smallest absolute Gasteiger partial charge is 0.139 e. The molecule has 1 aliphatic heterocycles. The Bertz CT molecular complexity index is 3570. The molecule has 0 saturated carbocycles. The normalized spacial score (nSPS) is 19.5. The van der Waals surface area contributed by atoms with Gasteiger partial charge in [0.15, 0.2) is 0 Å². The van der Waals surface area contributed by atoms with Crippen molar-refractivity contribution in [1.29, 1.82) is 0 Å². The largest absolute Gasteiger partial charge is 0.456 e. The lowest BCUT2D eigenvalue weighted by Gasteiger charge is -2.41. The highest BCUT2D eigenvalue weighted by Crippen LogP contribution is 2.55. The zero-order chi connectivity index (χ0) is 44.6. The van der Waals surface area contributed by atoms with Crippen LogP contribution in [-0.2, 0) is 10.8 Å². The van der Waals surface area contributed by atoms with E-state index in [4.69, 9.17) is 17.1 Å². The summed E-state index contributed by atoms with van der Waals surface area (Å²) in [6.07, 6.45) is 0. The average Bonchev–Trinajstić information content (AvgIpc) is 3.38. The molecule has 0 amide bonds. The Morgan fingerprint density at radius 2 is 0.800 bits per heavy atom. The van der Waals surface area contributed by atoms with Crippen molar-refractivity contribution >= 4 is 64.6 Å². The van der Waals surface area contributed by atoms with E-state index < -0.39 is 31.4 Å². The summed E-state index contributed by atoms with van der Waals surface area (Å²) in [5, 5.41) is 12.9. The van der Waals surface area contributed by atoms with Gasteiger partial charge in [0.1, 0.15) is 11.5 Å². The second-order valence-corrected chi connectivity index (χ2v) is 15.0. The molecule has 2 aliphatic carbocycles. The molecule has 11 rings (SSSR count). The van der Waals surface area contributed by atoms with E-state index in [1.54, 1.807) is 12.1 Å². The van der Waals surface area contributed by atoms with Gasteiger partial charge in [-0.2, -0.15) is 0 Å². The Morgan fingerprint density at radius 3 is 1.35 bits per heavy atom. The quantitative estimate of drug-likeness (QED) is 0.165. The average molecular weight is 714 g/mol. The molecule has 8 aromatic rings. The monoisotopic (exact) mass is 713 g/mol. The topological polar surface area (TPSA) is 9.23 Å². The first kappa shape index (κ1) is 24.1. The third-order valence-corrected chi connectivity index (χ3v) is 12.0. The molecule has 0 bridgehead atoms. The van der Waals surface area contributed by atoms with Gasteiger partial charge in [0, 0.05) is 39.9 Å². The van der Waals surface area contributed by atoms with Crippen LogP contribution in [0.3, 0.4) is 0 Å². The van der Waals surface area contributed by atoms with Gasteiger partial charge in [-0.25, -0.2) is 0 Å². The zero-order valence-electron chi connectivity index (χ0n) is 39.1. The van der Waals surface area contributed by atoms with Gasteiger partial charge >= 0.3 is 0 Å². The lowest BCUT2D eigenvalue weighted by Crippen LogP contribution is -2.39. The van der Waals surface area contributed by atoms with Crippen molar-refractivity contribution in [3.63, 3.8) is 0 Å². The summed E-state index contributed by atoms with van der Waals surface area (Å²) in [6, 6.07) is 55.9. The summed E-state index contributed by atoms with van der Waals surface area (Å²) >= 11 is 0. The first-order valence-electron chi connectivity index (χ1n) is 23.2. The Hall–Kier alpha value is -6.44. The number of para-hydroxylation sites is 2. The summed E-state index contributed by atoms with van der Waals surface area (Å²) in [4.78, 5) is 0. The first-order chi connectivity index (χ1) is 30.6. The van der Waals surface area contributed by atoms with Gasteiger partial charge in [-0.05, 0) is 93.5 Å². The molecule has 0 spiro atoms. The lowest BCUT2D eigenvalue weighted by atomic mass is 9.61. The van der Waals surface area contributed by atoms with E-state index in [-0.39, 0.29) is 22.6 Å². The third kappa shape index (κ3) is 4.41. The number of ether oxygens (including phenoxy) is 1. The third-order valence-electron chi connectivity index (χ3n) is 12.0. The van der Waals surface area contributed by atoms with Crippen LogP contribution >= 0.6 is 0 Å². The minimum absolute atomic E-state index is 0.0239. The zero-order valence-corrected chi connectivity index (χ0v) is 30.1. The minimum atomic E-state index is -3.33. The number of hydrogen-bond donors (Lipinski definition) is 0. The summed E-state index contributed by atoms with van der Waals surface area (Å²) in [5.74, 6) is 0.0702. The molecule has 0 saturated heterocycles. The maximum atomic E-state index is 9.11. The van der Waals surface area contributed by atoms with Crippen LogP contribution in [0.4, 0.5) is 0 Å². The van der Waals surface area contributed by atoms with Crippen molar-refractivity contribution in [3.05, 3.63) is 181 Å². The molecule has 0 fully saturated rings. The second-order valence-electron chi connectivity index (χ2n) is 15.0. The van der Waals surface area contributed by atoms with Gasteiger partial charge < -0.3 is 4.74 Å². The van der Waals surface area contributed by atoms with Crippen LogP contribution in [-0.4, -0.2) is 0 Å². The van der Waals surface area contributed by atoms with Crippen LogP contribution in [0.15, 0.2) is 170 Å². The van der Waals surface area contributed by atoms with Gasteiger partial charge in [0.25, 0.3) is 0 Å².